The van der Waals surface area contributed by atoms with Gasteiger partial charge in [0.25, 0.3) is 0 Å². The van der Waals surface area contributed by atoms with Gasteiger partial charge >= 0.3 is 0 Å². The van der Waals surface area contributed by atoms with Crippen molar-refractivity contribution in [2.75, 3.05) is 6.54 Å². The second-order valence-electron chi connectivity index (χ2n) is 5.38. The van der Waals surface area contributed by atoms with E-state index in [1.54, 1.807) is 0 Å². The van der Waals surface area contributed by atoms with Crippen LogP contribution in [0, 0.1) is 0 Å². The maximum Gasteiger partial charge on any atom is 0.119 e. The van der Waals surface area contributed by atoms with E-state index in [0.29, 0.717) is 12.5 Å². The average molecular weight is 283 g/mol. The lowest BCUT2D eigenvalue weighted by Gasteiger charge is -2.15. The molecular formula is C19H25NO. The highest BCUT2D eigenvalue weighted by Crippen LogP contribution is 2.26. The fourth-order valence-corrected chi connectivity index (χ4v) is 2.55. The molecule has 0 spiro atoms. The van der Waals surface area contributed by atoms with Crippen molar-refractivity contribution in [2.45, 2.75) is 38.7 Å². The van der Waals surface area contributed by atoms with Gasteiger partial charge in [-0.3, -0.25) is 0 Å². The Labute approximate surface area is 127 Å². The first-order valence-electron chi connectivity index (χ1n) is 7.80. The van der Waals surface area contributed by atoms with E-state index in [1.165, 1.54) is 11.1 Å². The van der Waals surface area contributed by atoms with Gasteiger partial charge in [0.1, 0.15) is 12.4 Å². The molecular weight excluding hydrogens is 258 g/mol. The second kappa shape index (κ2) is 8.48. The van der Waals surface area contributed by atoms with Crippen LogP contribution in [0.2, 0.25) is 0 Å². The zero-order valence-electron chi connectivity index (χ0n) is 12.8. The van der Waals surface area contributed by atoms with Crippen molar-refractivity contribution in [3.05, 3.63) is 65.7 Å². The van der Waals surface area contributed by atoms with E-state index in [0.717, 1.165) is 31.6 Å². The van der Waals surface area contributed by atoms with Crippen LogP contribution >= 0.6 is 0 Å². The van der Waals surface area contributed by atoms with Crippen molar-refractivity contribution < 1.29 is 4.74 Å². The molecule has 2 rings (SSSR count). The molecule has 2 nitrogen and oxygen atoms in total. The minimum atomic E-state index is 0.608. The van der Waals surface area contributed by atoms with Crippen LogP contribution in [-0.2, 0) is 6.61 Å². The molecule has 0 aliphatic heterocycles. The number of nitrogens with two attached hydrogens (primary N) is 1. The van der Waals surface area contributed by atoms with E-state index in [2.05, 4.69) is 43.3 Å². The molecule has 0 heterocycles. The molecule has 0 saturated heterocycles. The molecule has 0 saturated carbocycles. The van der Waals surface area contributed by atoms with Gasteiger partial charge in [0.05, 0.1) is 0 Å². The highest BCUT2D eigenvalue weighted by molar-refractivity contribution is 5.29. The Morgan fingerprint density at radius 2 is 1.71 bits per heavy atom. The van der Waals surface area contributed by atoms with Crippen molar-refractivity contribution in [3.8, 4) is 5.75 Å². The number of rotatable bonds is 8. The molecule has 1 atom stereocenters. The zero-order chi connectivity index (χ0) is 14.9. The third-order valence-corrected chi connectivity index (χ3v) is 3.85. The Bertz CT molecular complexity index is 507. The summed E-state index contributed by atoms with van der Waals surface area (Å²) in [6, 6.07) is 18.8. The number of hydrogen-bond donors (Lipinski definition) is 1. The predicted molar refractivity (Wildman–Crippen MR) is 88.5 cm³/mol. The quantitative estimate of drug-likeness (QED) is 0.774. The van der Waals surface area contributed by atoms with Crippen molar-refractivity contribution >= 4 is 0 Å². The van der Waals surface area contributed by atoms with Gasteiger partial charge in [-0.15, -0.1) is 0 Å². The Morgan fingerprint density at radius 3 is 2.33 bits per heavy atom. The number of hydrogen-bond acceptors (Lipinski definition) is 2. The van der Waals surface area contributed by atoms with Gasteiger partial charge in [-0.25, -0.2) is 0 Å². The number of ether oxygens (including phenoxy) is 1. The molecule has 21 heavy (non-hydrogen) atoms. The molecule has 0 aliphatic rings. The van der Waals surface area contributed by atoms with Crippen molar-refractivity contribution in [1.82, 2.24) is 0 Å². The molecule has 0 fully saturated rings. The van der Waals surface area contributed by atoms with Crippen LogP contribution in [0.25, 0.3) is 0 Å². The molecule has 1 unspecified atom stereocenters. The average Bonchev–Trinajstić information content (AvgIpc) is 2.56. The van der Waals surface area contributed by atoms with Crippen LogP contribution in [-0.4, -0.2) is 6.54 Å². The zero-order valence-corrected chi connectivity index (χ0v) is 12.8. The van der Waals surface area contributed by atoms with Gasteiger partial charge in [-0.05, 0) is 55.0 Å². The van der Waals surface area contributed by atoms with E-state index >= 15 is 0 Å². The summed E-state index contributed by atoms with van der Waals surface area (Å²) in [5.41, 5.74) is 8.19. The summed E-state index contributed by atoms with van der Waals surface area (Å²) in [4.78, 5) is 0. The molecule has 2 aromatic carbocycles. The Balaban J connectivity index is 1.92. The van der Waals surface area contributed by atoms with Gasteiger partial charge in [0, 0.05) is 0 Å². The van der Waals surface area contributed by atoms with E-state index < -0.39 is 0 Å². The molecule has 0 aliphatic carbocycles. The lowest BCUT2D eigenvalue weighted by molar-refractivity contribution is 0.306. The highest BCUT2D eigenvalue weighted by atomic mass is 16.5. The topological polar surface area (TPSA) is 35.2 Å². The SMILES string of the molecule is CCC(CCCN)c1ccc(OCc2ccccc2)cc1. The van der Waals surface area contributed by atoms with Gasteiger partial charge in [-0.2, -0.15) is 0 Å². The van der Waals surface area contributed by atoms with Gasteiger partial charge in [0.15, 0.2) is 0 Å². The van der Waals surface area contributed by atoms with Gasteiger partial charge in [0.2, 0.25) is 0 Å². The largest absolute Gasteiger partial charge is 0.489 e. The first kappa shape index (κ1) is 15.6. The van der Waals surface area contributed by atoms with E-state index in [4.69, 9.17) is 10.5 Å². The second-order valence-corrected chi connectivity index (χ2v) is 5.38. The fourth-order valence-electron chi connectivity index (χ4n) is 2.55. The van der Waals surface area contributed by atoms with Gasteiger partial charge in [-0.1, -0.05) is 49.4 Å². The van der Waals surface area contributed by atoms with Crippen molar-refractivity contribution in [1.29, 1.82) is 0 Å². The normalized spacial score (nSPS) is 12.1. The van der Waals surface area contributed by atoms with Crippen LogP contribution in [0.15, 0.2) is 54.6 Å². The maximum absolute atomic E-state index is 5.82. The highest BCUT2D eigenvalue weighted by Gasteiger charge is 2.08. The Hall–Kier alpha value is -1.80. The molecule has 0 radical (unpaired) electrons. The fraction of sp³-hybridized carbons (Fsp3) is 0.368. The molecule has 0 aromatic heterocycles. The van der Waals surface area contributed by atoms with E-state index in [-0.39, 0.29) is 0 Å². The van der Waals surface area contributed by atoms with Crippen LogP contribution in [0.4, 0.5) is 0 Å². The molecule has 2 aromatic rings. The summed E-state index contributed by atoms with van der Waals surface area (Å²) in [6.07, 6.45) is 3.41. The lowest BCUT2D eigenvalue weighted by Crippen LogP contribution is -2.04. The van der Waals surface area contributed by atoms with E-state index in [9.17, 15) is 0 Å². The van der Waals surface area contributed by atoms with Crippen molar-refractivity contribution in [3.63, 3.8) is 0 Å². The van der Waals surface area contributed by atoms with Crippen LogP contribution in [0.1, 0.15) is 43.2 Å². The summed E-state index contributed by atoms with van der Waals surface area (Å²) in [6.45, 7) is 3.63. The minimum absolute atomic E-state index is 0.608. The molecule has 0 amide bonds. The third kappa shape index (κ3) is 4.91. The monoisotopic (exact) mass is 283 g/mol. The molecule has 2 heteroatoms. The molecule has 0 bridgehead atoms. The summed E-state index contributed by atoms with van der Waals surface area (Å²) in [7, 11) is 0. The first-order valence-corrected chi connectivity index (χ1v) is 7.80. The number of benzene rings is 2. The lowest BCUT2D eigenvalue weighted by atomic mass is 9.92. The Morgan fingerprint density at radius 1 is 1.00 bits per heavy atom. The van der Waals surface area contributed by atoms with E-state index in [1.807, 2.05) is 18.2 Å². The van der Waals surface area contributed by atoms with Crippen LogP contribution in [0.3, 0.4) is 0 Å². The molecule has 112 valence electrons. The predicted octanol–water partition coefficient (Wildman–Crippen LogP) is 4.50. The van der Waals surface area contributed by atoms with Crippen LogP contribution < -0.4 is 10.5 Å². The summed E-state index contributed by atoms with van der Waals surface area (Å²) < 4.78 is 5.82. The smallest absolute Gasteiger partial charge is 0.119 e. The Kier molecular flexibility index (Phi) is 6.29. The standard InChI is InChI=1S/C19H25NO/c1-2-17(9-6-14-20)18-10-12-19(13-11-18)21-15-16-7-4-3-5-8-16/h3-5,7-8,10-13,17H,2,6,9,14-15,20H2,1H3. The minimum Gasteiger partial charge on any atom is -0.489 e. The van der Waals surface area contributed by atoms with Crippen molar-refractivity contribution in [2.24, 2.45) is 5.73 Å². The van der Waals surface area contributed by atoms with Gasteiger partial charge < -0.3 is 10.5 Å². The summed E-state index contributed by atoms with van der Waals surface area (Å²) >= 11 is 0. The third-order valence-electron chi connectivity index (χ3n) is 3.85. The first-order chi connectivity index (χ1) is 10.3. The summed E-state index contributed by atoms with van der Waals surface area (Å²) in [5.74, 6) is 1.54. The van der Waals surface area contributed by atoms with Crippen LogP contribution in [0.5, 0.6) is 5.75 Å². The summed E-state index contributed by atoms with van der Waals surface area (Å²) in [5, 5.41) is 0. The molecule has 2 N–H and O–H groups in total. The maximum atomic E-state index is 5.82.